The maximum Gasteiger partial charge on any atom is 0.242 e. The molecule has 0 spiro atoms. The Hall–Kier alpha value is -2.19. The number of aliphatic imine (C=N–C) groups is 1. The van der Waals surface area contributed by atoms with E-state index in [2.05, 4.69) is 15.3 Å². The highest BCUT2D eigenvalue weighted by Crippen LogP contribution is 2.31. The van der Waals surface area contributed by atoms with Crippen molar-refractivity contribution in [2.24, 2.45) is 4.99 Å². The van der Waals surface area contributed by atoms with Gasteiger partial charge in [0.05, 0.1) is 0 Å². The van der Waals surface area contributed by atoms with Crippen LogP contribution in [0.3, 0.4) is 0 Å². The van der Waals surface area contributed by atoms with Crippen molar-refractivity contribution in [2.75, 3.05) is 12.4 Å². The summed E-state index contributed by atoms with van der Waals surface area (Å²) in [5.41, 5.74) is 0.720. The molecule has 1 aliphatic heterocycles. The molecule has 2 amide bonds. The maximum atomic E-state index is 12.3. The lowest BCUT2D eigenvalue weighted by Gasteiger charge is -2.09. The van der Waals surface area contributed by atoms with Gasteiger partial charge in [0, 0.05) is 30.7 Å². The molecule has 1 fully saturated rings. The molecule has 0 aliphatic carbocycles. The van der Waals surface area contributed by atoms with Crippen LogP contribution < -0.4 is 5.32 Å². The summed E-state index contributed by atoms with van der Waals surface area (Å²) in [7, 11) is 1.66. The van der Waals surface area contributed by atoms with E-state index in [1.807, 2.05) is 35.7 Å². The Kier molecular flexibility index (Phi) is 4.73. The van der Waals surface area contributed by atoms with E-state index in [9.17, 15) is 9.59 Å². The monoisotopic (exact) mass is 346 g/mol. The summed E-state index contributed by atoms with van der Waals surface area (Å²) in [5.74, 6) is -0.306. The zero-order chi connectivity index (χ0) is 16.2. The van der Waals surface area contributed by atoms with Crippen LogP contribution in [0.25, 0.3) is 0 Å². The largest absolute Gasteiger partial charge is 0.326 e. The minimum atomic E-state index is -0.456. The molecule has 1 aliphatic rings. The molecular formula is C15H14N4O2S2. The van der Waals surface area contributed by atoms with Crippen LogP contribution in [-0.2, 0) is 9.59 Å². The molecule has 2 heterocycles. The lowest BCUT2D eigenvalue weighted by molar-refractivity contribution is -0.127. The van der Waals surface area contributed by atoms with Gasteiger partial charge < -0.3 is 5.32 Å². The Balaban J connectivity index is 1.64. The van der Waals surface area contributed by atoms with Gasteiger partial charge in [-0.15, -0.1) is 11.3 Å². The zero-order valence-corrected chi connectivity index (χ0v) is 13.9. The third kappa shape index (κ3) is 3.77. The first kappa shape index (κ1) is 15.7. The van der Waals surface area contributed by atoms with Crippen LogP contribution >= 0.6 is 23.1 Å². The Morgan fingerprint density at radius 1 is 1.39 bits per heavy atom. The Morgan fingerprint density at radius 2 is 2.17 bits per heavy atom. The number of amidine groups is 1. The molecule has 1 atom stereocenters. The van der Waals surface area contributed by atoms with Crippen molar-refractivity contribution >= 4 is 50.9 Å². The molecule has 0 radical (unpaired) electrons. The molecule has 3 rings (SSSR count). The van der Waals surface area contributed by atoms with Gasteiger partial charge in [0.1, 0.15) is 5.25 Å². The van der Waals surface area contributed by atoms with Crippen LogP contribution in [0.5, 0.6) is 0 Å². The van der Waals surface area contributed by atoms with Gasteiger partial charge in [-0.25, -0.2) is 4.98 Å². The zero-order valence-electron chi connectivity index (χ0n) is 12.3. The topological polar surface area (TPSA) is 74.7 Å². The number of para-hydroxylation sites is 1. The molecule has 1 aromatic carbocycles. The first-order valence-corrected chi connectivity index (χ1v) is 8.67. The molecule has 1 aromatic heterocycles. The molecule has 118 valence electrons. The number of nitrogens with one attached hydrogen (secondary N) is 1. The third-order valence-electron chi connectivity index (χ3n) is 3.18. The SMILES string of the molecule is CN1C(=O)[C@H](CC(=O)Nc2ccccc2)SC1=Nc1nccs1. The van der Waals surface area contributed by atoms with Crippen LogP contribution in [0.4, 0.5) is 10.8 Å². The second-order valence-electron chi connectivity index (χ2n) is 4.83. The summed E-state index contributed by atoms with van der Waals surface area (Å²) in [6, 6.07) is 9.18. The second kappa shape index (κ2) is 6.93. The average Bonchev–Trinajstić information content (AvgIpc) is 3.14. The molecule has 0 bridgehead atoms. The van der Waals surface area contributed by atoms with Crippen LogP contribution in [0.2, 0.25) is 0 Å². The number of carbonyl (C=O) groups is 2. The fourth-order valence-electron chi connectivity index (χ4n) is 2.05. The minimum absolute atomic E-state index is 0.111. The molecule has 1 N–H and O–H groups in total. The van der Waals surface area contributed by atoms with Crippen molar-refractivity contribution < 1.29 is 9.59 Å². The van der Waals surface area contributed by atoms with E-state index in [1.54, 1.807) is 13.2 Å². The number of amides is 2. The van der Waals surface area contributed by atoms with E-state index >= 15 is 0 Å². The highest BCUT2D eigenvalue weighted by Gasteiger charge is 2.37. The Labute approximate surface area is 141 Å². The predicted octanol–water partition coefficient (Wildman–Crippen LogP) is 2.73. The summed E-state index contributed by atoms with van der Waals surface area (Å²) in [5, 5.41) is 5.33. The number of thiazole rings is 1. The normalized spacial score (nSPS) is 19.3. The van der Waals surface area contributed by atoms with Gasteiger partial charge in [-0.05, 0) is 12.1 Å². The van der Waals surface area contributed by atoms with Crippen molar-refractivity contribution in [1.29, 1.82) is 0 Å². The number of thioether (sulfide) groups is 1. The molecule has 1 saturated heterocycles. The second-order valence-corrected chi connectivity index (χ2v) is 6.87. The van der Waals surface area contributed by atoms with Crippen LogP contribution in [-0.4, -0.2) is 39.2 Å². The maximum absolute atomic E-state index is 12.3. The number of rotatable bonds is 4. The number of anilines is 1. The smallest absolute Gasteiger partial charge is 0.242 e. The number of carbonyl (C=O) groups excluding carboxylic acids is 2. The standard InChI is InChI=1S/C15H14N4O2S2/c1-19-13(21)11(23-15(19)18-14-16-7-8-22-14)9-12(20)17-10-5-3-2-4-6-10/h2-8,11H,9H2,1H3,(H,17,20)/t11-/m0/s1. The molecular weight excluding hydrogens is 332 g/mol. The quantitative estimate of drug-likeness (QED) is 0.924. The van der Waals surface area contributed by atoms with E-state index < -0.39 is 5.25 Å². The first-order chi connectivity index (χ1) is 11.1. The van der Waals surface area contributed by atoms with Crippen molar-refractivity contribution in [3.63, 3.8) is 0 Å². The van der Waals surface area contributed by atoms with Crippen molar-refractivity contribution in [1.82, 2.24) is 9.88 Å². The van der Waals surface area contributed by atoms with Gasteiger partial charge in [0.2, 0.25) is 16.9 Å². The van der Waals surface area contributed by atoms with Gasteiger partial charge in [0.25, 0.3) is 0 Å². The predicted molar refractivity (Wildman–Crippen MR) is 93.0 cm³/mol. The summed E-state index contributed by atoms with van der Waals surface area (Å²) >= 11 is 2.70. The molecule has 0 unspecified atom stereocenters. The van der Waals surface area contributed by atoms with E-state index in [1.165, 1.54) is 28.0 Å². The molecule has 0 saturated carbocycles. The van der Waals surface area contributed by atoms with E-state index in [-0.39, 0.29) is 18.2 Å². The van der Waals surface area contributed by atoms with Gasteiger partial charge in [0.15, 0.2) is 5.17 Å². The van der Waals surface area contributed by atoms with Crippen molar-refractivity contribution in [3.8, 4) is 0 Å². The highest BCUT2D eigenvalue weighted by molar-refractivity contribution is 8.15. The lowest BCUT2D eigenvalue weighted by Crippen LogP contribution is -2.30. The Morgan fingerprint density at radius 3 is 2.87 bits per heavy atom. The summed E-state index contributed by atoms with van der Waals surface area (Å²) < 4.78 is 0. The number of hydrogen-bond acceptors (Lipinski definition) is 6. The molecule has 8 heteroatoms. The summed E-state index contributed by atoms with van der Waals surface area (Å²) in [4.78, 5) is 34.3. The molecule has 2 aromatic rings. The fourth-order valence-corrected chi connectivity index (χ4v) is 3.75. The molecule has 23 heavy (non-hydrogen) atoms. The lowest BCUT2D eigenvalue weighted by atomic mass is 10.2. The minimum Gasteiger partial charge on any atom is -0.326 e. The fraction of sp³-hybridized carbons (Fsp3) is 0.200. The number of aromatic nitrogens is 1. The third-order valence-corrected chi connectivity index (χ3v) is 5.07. The van der Waals surface area contributed by atoms with Gasteiger partial charge in [-0.1, -0.05) is 30.0 Å². The summed E-state index contributed by atoms with van der Waals surface area (Å²) in [6.45, 7) is 0. The first-order valence-electron chi connectivity index (χ1n) is 6.91. The van der Waals surface area contributed by atoms with Crippen molar-refractivity contribution in [3.05, 3.63) is 41.9 Å². The summed E-state index contributed by atoms with van der Waals surface area (Å²) in [6.07, 6.45) is 1.77. The van der Waals surface area contributed by atoms with Gasteiger partial charge in [-0.3, -0.25) is 14.5 Å². The van der Waals surface area contributed by atoms with Crippen LogP contribution in [0.15, 0.2) is 46.9 Å². The van der Waals surface area contributed by atoms with E-state index in [0.717, 1.165) is 5.69 Å². The highest BCUT2D eigenvalue weighted by atomic mass is 32.2. The average molecular weight is 346 g/mol. The number of nitrogens with zero attached hydrogens (tertiary/aromatic N) is 3. The molecule has 6 nitrogen and oxygen atoms in total. The Bertz CT molecular complexity index is 731. The van der Waals surface area contributed by atoms with E-state index in [4.69, 9.17) is 0 Å². The number of benzene rings is 1. The van der Waals surface area contributed by atoms with Gasteiger partial charge >= 0.3 is 0 Å². The number of hydrogen-bond donors (Lipinski definition) is 1. The van der Waals surface area contributed by atoms with Gasteiger partial charge in [-0.2, -0.15) is 4.99 Å². The van der Waals surface area contributed by atoms with Crippen molar-refractivity contribution in [2.45, 2.75) is 11.7 Å². The van der Waals surface area contributed by atoms with E-state index in [0.29, 0.717) is 10.3 Å². The van der Waals surface area contributed by atoms with Crippen LogP contribution in [0.1, 0.15) is 6.42 Å². The van der Waals surface area contributed by atoms with Crippen LogP contribution in [0, 0.1) is 0 Å².